The summed E-state index contributed by atoms with van der Waals surface area (Å²) in [5.74, 6) is 0.944. The lowest BCUT2D eigenvalue weighted by Gasteiger charge is -2.35. The molecule has 2 rings (SSSR count). The summed E-state index contributed by atoms with van der Waals surface area (Å²) in [5.41, 5.74) is 0.864. The predicted molar refractivity (Wildman–Crippen MR) is 97.3 cm³/mol. The third-order valence-electron chi connectivity index (χ3n) is 4.13. The van der Waals surface area contributed by atoms with Crippen LogP contribution in [0.4, 0.5) is 5.69 Å². The van der Waals surface area contributed by atoms with Gasteiger partial charge in [-0.2, -0.15) is 5.10 Å². The number of anilines is 1. The van der Waals surface area contributed by atoms with Crippen molar-refractivity contribution in [2.45, 2.75) is 39.5 Å². The van der Waals surface area contributed by atoms with Gasteiger partial charge in [0.15, 0.2) is 5.96 Å². The number of carbonyl (C=O) groups is 1. The SMILES string of the molecule is CCCCCCN=C(NCC)N1CCN(c2cnn(C)c2)C(=O)C1. The Morgan fingerprint density at radius 1 is 1.29 bits per heavy atom. The summed E-state index contributed by atoms with van der Waals surface area (Å²) in [6.45, 7) is 7.69. The van der Waals surface area contributed by atoms with E-state index in [1.54, 1.807) is 15.8 Å². The first kappa shape index (κ1) is 18.3. The minimum absolute atomic E-state index is 0.0887. The number of nitrogens with zero attached hydrogens (tertiary/aromatic N) is 5. The van der Waals surface area contributed by atoms with Crippen LogP contribution in [-0.2, 0) is 11.8 Å². The predicted octanol–water partition coefficient (Wildman–Crippen LogP) is 1.61. The van der Waals surface area contributed by atoms with Crippen molar-refractivity contribution in [3.63, 3.8) is 0 Å². The van der Waals surface area contributed by atoms with Crippen LogP contribution in [0.3, 0.4) is 0 Å². The Balaban J connectivity index is 1.93. The van der Waals surface area contributed by atoms with E-state index >= 15 is 0 Å². The first-order valence-corrected chi connectivity index (χ1v) is 8.98. The lowest BCUT2D eigenvalue weighted by molar-refractivity contribution is -0.120. The molecule has 24 heavy (non-hydrogen) atoms. The quantitative estimate of drug-likeness (QED) is 0.467. The fraction of sp³-hybridized carbons (Fsp3) is 0.706. The normalized spacial score (nSPS) is 16.0. The lowest BCUT2D eigenvalue weighted by atomic mass is 10.2. The number of amides is 1. The van der Waals surface area contributed by atoms with Gasteiger partial charge in [0.05, 0.1) is 11.9 Å². The summed E-state index contributed by atoms with van der Waals surface area (Å²) in [7, 11) is 1.86. The van der Waals surface area contributed by atoms with Crippen LogP contribution in [-0.4, -0.2) is 59.3 Å². The molecule has 0 unspecified atom stereocenters. The number of unbranched alkanes of at least 4 members (excludes halogenated alkanes) is 3. The van der Waals surface area contributed by atoms with Crippen molar-refractivity contribution >= 4 is 17.6 Å². The Hall–Kier alpha value is -2.05. The monoisotopic (exact) mass is 334 g/mol. The Labute approximate surface area is 144 Å². The van der Waals surface area contributed by atoms with Gasteiger partial charge < -0.3 is 15.1 Å². The molecule has 0 aliphatic carbocycles. The fourth-order valence-corrected chi connectivity index (χ4v) is 2.82. The first-order valence-electron chi connectivity index (χ1n) is 8.98. The van der Waals surface area contributed by atoms with Crippen LogP contribution in [0.1, 0.15) is 39.5 Å². The van der Waals surface area contributed by atoms with Crippen LogP contribution in [0.5, 0.6) is 0 Å². The zero-order chi connectivity index (χ0) is 17.4. The summed E-state index contributed by atoms with van der Waals surface area (Å²) in [6.07, 6.45) is 8.42. The van der Waals surface area contributed by atoms with E-state index in [4.69, 9.17) is 0 Å². The summed E-state index contributed by atoms with van der Waals surface area (Å²) in [4.78, 5) is 21.0. The maximum atomic E-state index is 12.5. The van der Waals surface area contributed by atoms with Gasteiger partial charge in [0, 0.05) is 39.4 Å². The number of aromatic nitrogens is 2. The van der Waals surface area contributed by atoms with Gasteiger partial charge in [-0.15, -0.1) is 0 Å². The molecule has 1 aliphatic rings. The van der Waals surface area contributed by atoms with E-state index in [1.807, 2.05) is 13.2 Å². The summed E-state index contributed by atoms with van der Waals surface area (Å²) in [5, 5.41) is 7.46. The Morgan fingerprint density at radius 2 is 2.12 bits per heavy atom. The molecule has 0 spiro atoms. The summed E-state index contributed by atoms with van der Waals surface area (Å²) >= 11 is 0. The average molecular weight is 334 g/mol. The second-order valence-electron chi connectivity index (χ2n) is 6.14. The van der Waals surface area contributed by atoms with E-state index in [-0.39, 0.29) is 5.91 Å². The summed E-state index contributed by atoms with van der Waals surface area (Å²) in [6, 6.07) is 0. The molecule has 1 fully saturated rings. The highest BCUT2D eigenvalue weighted by Gasteiger charge is 2.27. The van der Waals surface area contributed by atoms with Gasteiger partial charge in [-0.25, -0.2) is 0 Å². The van der Waals surface area contributed by atoms with Gasteiger partial charge in [0.25, 0.3) is 0 Å². The molecule has 134 valence electrons. The van der Waals surface area contributed by atoms with Crippen LogP contribution in [0, 0.1) is 0 Å². The summed E-state index contributed by atoms with van der Waals surface area (Å²) < 4.78 is 1.72. The Morgan fingerprint density at radius 3 is 2.75 bits per heavy atom. The highest BCUT2D eigenvalue weighted by molar-refractivity contribution is 5.98. The van der Waals surface area contributed by atoms with Crippen molar-refractivity contribution in [3.8, 4) is 0 Å². The van der Waals surface area contributed by atoms with E-state index in [0.717, 1.165) is 37.7 Å². The van der Waals surface area contributed by atoms with Crippen molar-refractivity contribution in [1.29, 1.82) is 0 Å². The van der Waals surface area contributed by atoms with Crippen molar-refractivity contribution in [2.75, 3.05) is 37.6 Å². The second kappa shape index (κ2) is 9.30. The molecule has 1 saturated heterocycles. The zero-order valence-electron chi connectivity index (χ0n) is 15.2. The maximum Gasteiger partial charge on any atom is 0.246 e. The topological polar surface area (TPSA) is 65.8 Å². The number of rotatable bonds is 7. The van der Waals surface area contributed by atoms with Crippen LogP contribution in [0.25, 0.3) is 0 Å². The third kappa shape index (κ3) is 4.97. The molecule has 0 aromatic carbocycles. The molecule has 1 aliphatic heterocycles. The zero-order valence-corrected chi connectivity index (χ0v) is 15.2. The van der Waals surface area contributed by atoms with E-state index in [0.29, 0.717) is 13.1 Å². The molecule has 1 N–H and O–H groups in total. The third-order valence-corrected chi connectivity index (χ3v) is 4.13. The molecule has 7 heteroatoms. The molecule has 0 radical (unpaired) electrons. The Kier molecular flexibility index (Phi) is 7.08. The van der Waals surface area contributed by atoms with Gasteiger partial charge in [0.1, 0.15) is 6.54 Å². The number of hydrogen-bond acceptors (Lipinski definition) is 3. The van der Waals surface area contributed by atoms with E-state index in [1.165, 1.54) is 19.3 Å². The van der Waals surface area contributed by atoms with Crippen molar-refractivity contribution < 1.29 is 4.79 Å². The molecule has 1 amide bonds. The van der Waals surface area contributed by atoms with E-state index in [2.05, 4.69) is 34.2 Å². The van der Waals surface area contributed by atoms with E-state index in [9.17, 15) is 4.79 Å². The molecular weight excluding hydrogens is 304 g/mol. The molecule has 0 bridgehead atoms. The molecule has 0 atom stereocenters. The number of aliphatic imine (C=N–C) groups is 1. The minimum Gasteiger partial charge on any atom is -0.357 e. The number of guanidine groups is 1. The smallest absolute Gasteiger partial charge is 0.246 e. The minimum atomic E-state index is 0.0887. The number of nitrogens with one attached hydrogen (secondary N) is 1. The van der Waals surface area contributed by atoms with Crippen molar-refractivity contribution in [3.05, 3.63) is 12.4 Å². The standard InChI is InChI=1S/C17H30N6O/c1-4-6-7-8-9-19-17(18-5-2)22-10-11-23(16(24)14-22)15-12-20-21(3)13-15/h12-13H,4-11,14H2,1-3H3,(H,18,19). The maximum absolute atomic E-state index is 12.5. The van der Waals surface area contributed by atoms with Gasteiger partial charge in [-0.05, 0) is 13.3 Å². The number of aryl methyl sites for hydroxylation is 1. The average Bonchev–Trinajstić information content (AvgIpc) is 2.99. The van der Waals surface area contributed by atoms with Crippen molar-refractivity contribution in [1.82, 2.24) is 20.0 Å². The molecular formula is C17H30N6O. The van der Waals surface area contributed by atoms with Gasteiger partial charge in [-0.3, -0.25) is 14.5 Å². The van der Waals surface area contributed by atoms with Crippen LogP contribution < -0.4 is 10.2 Å². The first-order chi connectivity index (χ1) is 11.7. The highest BCUT2D eigenvalue weighted by atomic mass is 16.2. The molecule has 1 aromatic rings. The Bertz CT molecular complexity index is 553. The van der Waals surface area contributed by atoms with Crippen LogP contribution in [0.2, 0.25) is 0 Å². The van der Waals surface area contributed by atoms with Gasteiger partial charge >= 0.3 is 0 Å². The fourth-order valence-electron chi connectivity index (χ4n) is 2.82. The van der Waals surface area contributed by atoms with Crippen molar-refractivity contribution in [2.24, 2.45) is 12.0 Å². The van der Waals surface area contributed by atoms with E-state index < -0.39 is 0 Å². The number of hydrogen-bond donors (Lipinski definition) is 1. The number of carbonyl (C=O) groups excluding carboxylic acids is 1. The molecule has 2 heterocycles. The highest BCUT2D eigenvalue weighted by Crippen LogP contribution is 2.16. The van der Waals surface area contributed by atoms with Crippen LogP contribution >= 0.6 is 0 Å². The molecule has 0 saturated carbocycles. The van der Waals surface area contributed by atoms with Gasteiger partial charge in [0.2, 0.25) is 5.91 Å². The second-order valence-corrected chi connectivity index (χ2v) is 6.14. The molecule has 7 nitrogen and oxygen atoms in total. The lowest BCUT2D eigenvalue weighted by Crippen LogP contribution is -2.55. The van der Waals surface area contributed by atoms with Gasteiger partial charge in [-0.1, -0.05) is 26.2 Å². The molecule has 1 aromatic heterocycles. The number of piperazine rings is 1. The van der Waals surface area contributed by atoms with Crippen LogP contribution in [0.15, 0.2) is 17.4 Å². The largest absolute Gasteiger partial charge is 0.357 e.